The summed E-state index contributed by atoms with van der Waals surface area (Å²) in [4.78, 5) is 65.7. The zero-order valence-electron chi connectivity index (χ0n) is 36.4. The maximum Gasteiger partial charge on any atom is 0.303 e. The molecule has 0 heterocycles. The lowest BCUT2D eigenvalue weighted by Crippen LogP contribution is -2.71. The van der Waals surface area contributed by atoms with Crippen LogP contribution in [0.3, 0.4) is 0 Å². The van der Waals surface area contributed by atoms with Crippen LogP contribution in [0.25, 0.3) is 0 Å². The molecule has 0 aliphatic heterocycles. The van der Waals surface area contributed by atoms with Crippen LogP contribution in [-0.4, -0.2) is 65.8 Å². The summed E-state index contributed by atoms with van der Waals surface area (Å²) < 4.78 is 31.4. The second-order valence-electron chi connectivity index (χ2n) is 21.9. The first kappa shape index (κ1) is 40.1. The number of methoxy groups -OCH3 is 1. The van der Waals surface area contributed by atoms with Gasteiger partial charge in [0, 0.05) is 71.3 Å². The molecule has 0 aromatic heterocycles. The Morgan fingerprint density at radius 1 is 0.661 bits per heavy atom. The topological polar surface area (TPSA) is 132 Å². The number of carbonyl (C=O) groups excluding carboxylic acids is 5. The molecule has 9 saturated carbocycles. The van der Waals surface area contributed by atoms with Gasteiger partial charge in [0.2, 0.25) is 0 Å². The van der Waals surface area contributed by atoms with Crippen molar-refractivity contribution in [2.24, 2.45) is 69.5 Å². The fraction of sp³-hybridized carbons (Fsp3) is 0.816. The highest BCUT2D eigenvalue weighted by atomic mass is 16.6. The van der Waals surface area contributed by atoms with Crippen molar-refractivity contribution in [3.05, 3.63) is 23.3 Å². The van der Waals surface area contributed by atoms with Gasteiger partial charge in [0.05, 0.1) is 5.60 Å². The average molecular weight is 815 g/mol. The number of carbonyl (C=O) groups is 5. The van der Waals surface area contributed by atoms with Crippen LogP contribution in [0.5, 0.6) is 0 Å². The van der Waals surface area contributed by atoms with Gasteiger partial charge in [0.25, 0.3) is 0 Å². The van der Waals surface area contributed by atoms with E-state index in [1.807, 2.05) is 7.11 Å². The Labute approximate surface area is 349 Å². The van der Waals surface area contributed by atoms with Crippen LogP contribution in [0, 0.1) is 69.5 Å². The fourth-order valence-corrected chi connectivity index (χ4v) is 18.7. The molecule has 322 valence electrons. The molecule has 11 rings (SSSR count). The lowest BCUT2D eigenvalue weighted by molar-refractivity contribution is -0.245. The molecule has 2 bridgehead atoms. The molecule has 0 amide bonds. The van der Waals surface area contributed by atoms with E-state index < -0.39 is 22.2 Å². The summed E-state index contributed by atoms with van der Waals surface area (Å²) >= 11 is 0. The minimum absolute atomic E-state index is 0.0430. The summed E-state index contributed by atoms with van der Waals surface area (Å²) in [5.41, 5.74) is -0.488. The van der Waals surface area contributed by atoms with Gasteiger partial charge in [-0.3, -0.25) is 24.0 Å². The molecule has 0 N–H and O–H groups in total. The Balaban J connectivity index is 1.03. The molecule has 0 aromatic carbocycles. The average Bonchev–Trinajstić information content (AvgIpc) is 3.63. The monoisotopic (exact) mass is 814 g/mol. The van der Waals surface area contributed by atoms with Crippen molar-refractivity contribution in [2.75, 3.05) is 7.11 Å². The number of ether oxygens (including phenoxy) is 5. The van der Waals surface area contributed by atoms with Crippen molar-refractivity contribution in [1.29, 1.82) is 0 Å². The van der Waals surface area contributed by atoms with Gasteiger partial charge in [-0.2, -0.15) is 0 Å². The molecular weight excluding hydrogens is 749 g/mol. The predicted octanol–water partition coefficient (Wildman–Crippen LogP) is 8.18. The third kappa shape index (κ3) is 5.22. The number of hydrogen-bond acceptors (Lipinski definition) is 10. The van der Waals surface area contributed by atoms with Crippen LogP contribution in [0.1, 0.15) is 144 Å². The van der Waals surface area contributed by atoms with Crippen LogP contribution in [0.4, 0.5) is 0 Å². The summed E-state index contributed by atoms with van der Waals surface area (Å²) in [6.07, 6.45) is 17.1. The third-order valence-electron chi connectivity index (χ3n) is 19.9. The lowest BCUT2D eigenvalue weighted by atomic mass is 9.36. The van der Waals surface area contributed by atoms with Gasteiger partial charge >= 0.3 is 23.9 Å². The largest absolute Gasteiger partial charge is 0.462 e. The summed E-state index contributed by atoms with van der Waals surface area (Å²) in [6.45, 7) is 11.0. The second kappa shape index (κ2) is 13.2. The van der Waals surface area contributed by atoms with Crippen LogP contribution in [-0.2, 0) is 47.7 Å². The number of rotatable bonds is 5. The van der Waals surface area contributed by atoms with Crippen molar-refractivity contribution in [2.45, 2.75) is 173 Å². The molecule has 10 nitrogen and oxygen atoms in total. The van der Waals surface area contributed by atoms with Gasteiger partial charge in [-0.15, -0.1) is 0 Å². The first-order chi connectivity index (χ1) is 28.0. The number of hydrogen-bond donors (Lipinski definition) is 0. The van der Waals surface area contributed by atoms with E-state index in [0.29, 0.717) is 74.4 Å². The summed E-state index contributed by atoms with van der Waals surface area (Å²) in [7, 11) is 1.87. The van der Waals surface area contributed by atoms with Crippen LogP contribution in [0.2, 0.25) is 0 Å². The molecule has 11 aliphatic rings. The Hall–Kier alpha value is -3.01. The molecule has 17 atom stereocenters. The standard InChI is InChI=1S/C49H66O10/c1-26(50)56-35-12-16-47(58-28(3)52)32(21-35)10-11-37-38(47)14-15-44(5)39(37)22-40-43(44)46(55-7)23-34-19-33-18-30-8-9-31-20-36(57-27(2)51)13-17-48(31,59-29(4)53)41(30)24-45(33,6)49(34,40)42(54)25-46/h9-10,30,33-41,43H,8,11-25H2,1-7H3/t30?,33-,34?,35+,36+,37-,38+,39+,40?,41?,43?,44+,45+,46?,47-,48-,49?/m1/s1. The highest BCUT2D eigenvalue weighted by molar-refractivity contribution is 5.90. The fourth-order valence-electron chi connectivity index (χ4n) is 18.7. The predicted molar refractivity (Wildman–Crippen MR) is 215 cm³/mol. The van der Waals surface area contributed by atoms with Crippen molar-refractivity contribution in [1.82, 2.24) is 0 Å². The van der Waals surface area contributed by atoms with E-state index in [1.54, 1.807) is 0 Å². The minimum Gasteiger partial charge on any atom is -0.462 e. The van der Waals surface area contributed by atoms with Gasteiger partial charge < -0.3 is 23.7 Å². The summed E-state index contributed by atoms with van der Waals surface area (Å²) in [6, 6.07) is 0. The maximum atomic E-state index is 15.6. The number of allylic oxidation sites excluding steroid dienone is 2. The summed E-state index contributed by atoms with van der Waals surface area (Å²) in [5, 5.41) is 0. The van der Waals surface area contributed by atoms with Gasteiger partial charge in [-0.1, -0.05) is 26.0 Å². The van der Waals surface area contributed by atoms with Gasteiger partial charge in [-0.05, 0) is 147 Å². The number of Topliss-reactive ketones (excluding diaryl/α,β-unsaturated/α-hetero) is 1. The third-order valence-corrected chi connectivity index (χ3v) is 19.9. The number of ketones is 1. The van der Waals surface area contributed by atoms with E-state index in [4.69, 9.17) is 23.7 Å². The zero-order chi connectivity index (χ0) is 41.7. The van der Waals surface area contributed by atoms with E-state index in [2.05, 4.69) is 26.0 Å². The van der Waals surface area contributed by atoms with E-state index in [0.717, 1.165) is 68.9 Å². The molecule has 9 fully saturated rings. The first-order valence-corrected chi connectivity index (χ1v) is 23.2. The van der Waals surface area contributed by atoms with Crippen molar-refractivity contribution in [3.8, 4) is 0 Å². The quantitative estimate of drug-likeness (QED) is 0.152. The smallest absolute Gasteiger partial charge is 0.303 e. The Morgan fingerprint density at radius 2 is 1.27 bits per heavy atom. The van der Waals surface area contributed by atoms with Crippen LogP contribution in [0.15, 0.2) is 23.3 Å². The maximum absolute atomic E-state index is 15.6. The molecule has 1 spiro atoms. The normalized spacial score (nSPS) is 51.0. The first-order valence-electron chi connectivity index (χ1n) is 23.2. The molecule has 59 heavy (non-hydrogen) atoms. The Kier molecular flexibility index (Phi) is 9.00. The molecule has 7 unspecified atom stereocenters. The number of fused-ring (bicyclic) bond motifs is 10. The molecule has 10 heteroatoms. The van der Waals surface area contributed by atoms with E-state index in [-0.39, 0.29) is 76.5 Å². The highest BCUT2D eigenvalue weighted by Gasteiger charge is 2.83. The highest BCUT2D eigenvalue weighted by Crippen LogP contribution is 2.84. The number of esters is 4. The summed E-state index contributed by atoms with van der Waals surface area (Å²) in [5.74, 6) is 1.67. The van der Waals surface area contributed by atoms with Crippen molar-refractivity contribution in [3.63, 3.8) is 0 Å². The van der Waals surface area contributed by atoms with E-state index >= 15 is 4.79 Å². The van der Waals surface area contributed by atoms with Gasteiger partial charge in [0.15, 0.2) is 0 Å². The van der Waals surface area contributed by atoms with Gasteiger partial charge in [0.1, 0.15) is 29.2 Å². The van der Waals surface area contributed by atoms with E-state index in [1.165, 1.54) is 27.7 Å². The van der Waals surface area contributed by atoms with Crippen molar-refractivity contribution < 1.29 is 47.7 Å². The van der Waals surface area contributed by atoms with E-state index in [9.17, 15) is 19.2 Å². The molecule has 0 saturated heterocycles. The minimum atomic E-state index is -0.745. The molecular formula is C49H66O10. The van der Waals surface area contributed by atoms with Crippen molar-refractivity contribution >= 4 is 29.7 Å². The second-order valence-corrected chi connectivity index (χ2v) is 21.9. The molecule has 0 aromatic rings. The Bertz CT molecular complexity index is 1930. The SMILES string of the molecule is COC12CC(=O)C3(C(C[C@H]4CC5CC=C6C[C@@H](OC(C)=O)CC[C@]6(OC(C)=O)C5C[C@@]43C)C1)C1C[C@H]3[C@@H]4CC=C5C[C@@H](OC(C)=O)CC[C@]5(OC(C)=O)[C@H]4CC[C@]3(C)C12. The lowest BCUT2D eigenvalue weighted by Gasteiger charge is -2.69. The van der Waals surface area contributed by atoms with Crippen LogP contribution < -0.4 is 0 Å². The Morgan fingerprint density at radius 3 is 1.86 bits per heavy atom. The zero-order valence-corrected chi connectivity index (χ0v) is 36.4. The molecule has 11 aliphatic carbocycles. The van der Waals surface area contributed by atoms with Crippen LogP contribution >= 0.6 is 0 Å². The molecule has 0 radical (unpaired) electrons. The van der Waals surface area contributed by atoms with Gasteiger partial charge in [-0.25, -0.2) is 0 Å².